The first-order valence-corrected chi connectivity index (χ1v) is 13.7. The van der Waals surface area contributed by atoms with Crippen molar-refractivity contribution in [1.29, 1.82) is 5.26 Å². The maximum Gasteiger partial charge on any atom is 0.115 e. The number of nitriles is 1. The Morgan fingerprint density at radius 1 is 1.16 bits per heavy atom. The average Bonchev–Trinajstić information content (AvgIpc) is 2.81. The number of hydrogen-bond donors (Lipinski definition) is 1. The monoisotopic (exact) mass is 528 g/mol. The van der Waals surface area contributed by atoms with Gasteiger partial charge in [-0.2, -0.15) is 5.26 Å². The van der Waals surface area contributed by atoms with Gasteiger partial charge in [-0.25, -0.2) is 4.98 Å². The van der Waals surface area contributed by atoms with E-state index >= 15 is 0 Å². The lowest BCUT2D eigenvalue weighted by Gasteiger charge is -2.14. The SMILES string of the molecule is CCCCS(=O)CC(O)CSc1nc(-c2ccc(Br)cc2)cc(-c2ccccc2)c1C#N. The Balaban J connectivity index is 1.93. The topological polar surface area (TPSA) is 74.0 Å². The minimum absolute atomic E-state index is 0.243. The summed E-state index contributed by atoms with van der Waals surface area (Å²) in [5.74, 6) is 1.18. The Kier molecular flexibility index (Phi) is 9.49. The highest BCUT2D eigenvalue weighted by Gasteiger charge is 2.18. The van der Waals surface area contributed by atoms with Crippen molar-refractivity contribution in [3.63, 3.8) is 0 Å². The average molecular weight is 530 g/mol. The number of thioether (sulfide) groups is 1. The largest absolute Gasteiger partial charge is 0.391 e. The van der Waals surface area contributed by atoms with Gasteiger partial charge in [0.05, 0.1) is 23.1 Å². The standard InChI is InChI=1S/C25H25BrN2O2S2/c1-2-3-13-32(30)17-21(29)16-31-25-23(15-27)22(18-7-5-4-6-8-18)14-24(28-25)19-9-11-20(26)12-10-19/h4-12,14,21,29H,2-3,13,16-17H2,1H3. The van der Waals surface area contributed by atoms with Crippen molar-refractivity contribution in [3.8, 4) is 28.5 Å². The van der Waals surface area contributed by atoms with Gasteiger partial charge in [-0.05, 0) is 30.2 Å². The summed E-state index contributed by atoms with van der Waals surface area (Å²) in [6.07, 6.45) is 1.15. The lowest BCUT2D eigenvalue weighted by atomic mass is 9.99. The van der Waals surface area contributed by atoms with E-state index in [-0.39, 0.29) is 5.75 Å². The summed E-state index contributed by atoms with van der Waals surface area (Å²) in [5, 5.41) is 20.9. The lowest BCUT2D eigenvalue weighted by molar-refractivity contribution is 0.224. The number of aliphatic hydroxyl groups excluding tert-OH is 1. The molecule has 32 heavy (non-hydrogen) atoms. The fraction of sp³-hybridized carbons (Fsp3) is 0.280. The van der Waals surface area contributed by atoms with Gasteiger partial charge in [0, 0.05) is 37.9 Å². The third kappa shape index (κ3) is 6.76. The van der Waals surface area contributed by atoms with Crippen LogP contribution in [0.4, 0.5) is 0 Å². The number of halogens is 1. The van der Waals surface area contributed by atoms with Crippen LogP contribution in [-0.4, -0.2) is 37.7 Å². The molecule has 4 nitrogen and oxygen atoms in total. The minimum atomic E-state index is -1.04. The van der Waals surface area contributed by atoms with Crippen LogP contribution in [-0.2, 0) is 10.8 Å². The van der Waals surface area contributed by atoms with Crippen molar-refractivity contribution in [3.05, 3.63) is 70.7 Å². The Morgan fingerprint density at radius 2 is 1.88 bits per heavy atom. The van der Waals surface area contributed by atoms with E-state index in [9.17, 15) is 14.6 Å². The highest BCUT2D eigenvalue weighted by atomic mass is 79.9. The summed E-state index contributed by atoms with van der Waals surface area (Å²) in [6, 6.07) is 21.9. The predicted octanol–water partition coefficient (Wildman–Crippen LogP) is 6.05. The molecule has 2 atom stereocenters. The Morgan fingerprint density at radius 3 is 2.53 bits per heavy atom. The molecule has 0 aliphatic carbocycles. The van der Waals surface area contributed by atoms with Gasteiger partial charge in [0.15, 0.2) is 0 Å². The first-order valence-electron chi connectivity index (χ1n) is 10.4. The molecular weight excluding hydrogens is 504 g/mol. The number of aliphatic hydroxyl groups is 1. The van der Waals surface area contributed by atoms with E-state index in [1.165, 1.54) is 11.8 Å². The molecule has 0 spiro atoms. The van der Waals surface area contributed by atoms with E-state index < -0.39 is 16.9 Å². The van der Waals surface area contributed by atoms with Crippen molar-refractivity contribution in [1.82, 2.24) is 4.98 Å². The highest BCUT2D eigenvalue weighted by molar-refractivity contribution is 9.10. The summed E-state index contributed by atoms with van der Waals surface area (Å²) in [7, 11) is -1.04. The van der Waals surface area contributed by atoms with Gasteiger partial charge in [-0.3, -0.25) is 4.21 Å². The number of pyridine rings is 1. The third-order valence-electron chi connectivity index (χ3n) is 4.84. The molecule has 0 aliphatic heterocycles. The van der Waals surface area contributed by atoms with Gasteiger partial charge in [0.25, 0.3) is 0 Å². The van der Waals surface area contributed by atoms with Gasteiger partial charge < -0.3 is 5.11 Å². The molecule has 0 radical (unpaired) electrons. The van der Waals surface area contributed by atoms with Crippen LogP contribution < -0.4 is 0 Å². The van der Waals surface area contributed by atoms with Crippen LogP contribution in [0.1, 0.15) is 25.3 Å². The van der Waals surface area contributed by atoms with Crippen molar-refractivity contribution in [2.45, 2.75) is 30.9 Å². The number of benzene rings is 2. The first kappa shape index (κ1) is 24.7. The molecule has 3 rings (SSSR count). The maximum absolute atomic E-state index is 12.1. The zero-order valence-electron chi connectivity index (χ0n) is 17.8. The molecule has 166 valence electrons. The van der Waals surface area contributed by atoms with Crippen molar-refractivity contribution < 1.29 is 9.32 Å². The number of rotatable bonds is 10. The second-order valence-electron chi connectivity index (χ2n) is 7.35. The van der Waals surface area contributed by atoms with Crippen molar-refractivity contribution in [2.24, 2.45) is 0 Å². The van der Waals surface area contributed by atoms with Crippen LogP contribution in [0.15, 0.2) is 70.2 Å². The summed E-state index contributed by atoms with van der Waals surface area (Å²) in [4.78, 5) is 4.77. The van der Waals surface area contributed by atoms with Crippen LogP contribution in [0, 0.1) is 11.3 Å². The smallest absolute Gasteiger partial charge is 0.115 e. The normalized spacial score (nSPS) is 12.8. The summed E-state index contributed by atoms with van der Waals surface area (Å²) < 4.78 is 13.1. The fourth-order valence-corrected chi connectivity index (χ4v) is 5.84. The van der Waals surface area contributed by atoms with Gasteiger partial charge in [0.2, 0.25) is 0 Å². The molecule has 0 saturated heterocycles. The van der Waals surface area contributed by atoms with Crippen molar-refractivity contribution in [2.75, 3.05) is 17.3 Å². The van der Waals surface area contributed by atoms with Gasteiger partial charge in [-0.15, -0.1) is 11.8 Å². The molecule has 7 heteroatoms. The van der Waals surface area contributed by atoms with Gasteiger partial charge in [-0.1, -0.05) is 71.7 Å². The molecule has 3 aromatic rings. The lowest BCUT2D eigenvalue weighted by Crippen LogP contribution is -2.21. The van der Waals surface area contributed by atoms with E-state index in [2.05, 4.69) is 28.9 Å². The molecule has 2 aromatic carbocycles. The molecule has 0 amide bonds. The number of hydrogen-bond acceptors (Lipinski definition) is 5. The Hall–Kier alpha value is -1.98. The quantitative estimate of drug-likeness (QED) is 0.324. The molecule has 1 heterocycles. The number of nitrogens with zero attached hydrogens (tertiary/aromatic N) is 2. The summed E-state index contributed by atoms with van der Waals surface area (Å²) in [6.45, 7) is 2.06. The van der Waals surface area contributed by atoms with Crippen LogP contribution in [0.2, 0.25) is 0 Å². The molecule has 0 saturated carbocycles. The van der Waals surface area contributed by atoms with Crippen LogP contribution in [0.25, 0.3) is 22.4 Å². The molecule has 0 aliphatic rings. The first-order chi connectivity index (χ1) is 15.5. The number of aromatic nitrogens is 1. The van der Waals surface area contributed by atoms with E-state index in [0.29, 0.717) is 22.1 Å². The highest BCUT2D eigenvalue weighted by Crippen LogP contribution is 2.34. The van der Waals surface area contributed by atoms with Crippen LogP contribution in [0.5, 0.6) is 0 Å². The number of unbranched alkanes of at least 4 members (excludes halogenated alkanes) is 1. The zero-order valence-corrected chi connectivity index (χ0v) is 21.0. The Labute approximate surface area is 204 Å². The molecule has 1 aromatic heterocycles. The summed E-state index contributed by atoms with van der Waals surface area (Å²) >= 11 is 4.80. The van der Waals surface area contributed by atoms with E-state index in [1.54, 1.807) is 0 Å². The van der Waals surface area contributed by atoms with Crippen LogP contribution in [0.3, 0.4) is 0 Å². The molecular formula is C25H25BrN2O2S2. The molecule has 1 N–H and O–H groups in total. The van der Waals surface area contributed by atoms with E-state index in [0.717, 1.165) is 39.7 Å². The third-order valence-corrected chi connectivity index (χ3v) is 7.99. The van der Waals surface area contributed by atoms with E-state index in [4.69, 9.17) is 4.98 Å². The maximum atomic E-state index is 12.1. The van der Waals surface area contributed by atoms with Crippen LogP contribution >= 0.6 is 27.7 Å². The second kappa shape index (κ2) is 12.3. The van der Waals surface area contributed by atoms with Gasteiger partial charge >= 0.3 is 0 Å². The zero-order chi connectivity index (χ0) is 22.9. The summed E-state index contributed by atoms with van der Waals surface area (Å²) in [5.41, 5.74) is 3.94. The molecule has 0 bridgehead atoms. The second-order valence-corrected chi connectivity index (χ2v) is 10.9. The van der Waals surface area contributed by atoms with Crippen molar-refractivity contribution >= 4 is 38.5 Å². The Bertz CT molecular complexity index is 1100. The molecule has 2 unspecified atom stereocenters. The predicted molar refractivity (Wildman–Crippen MR) is 137 cm³/mol. The van der Waals surface area contributed by atoms with E-state index in [1.807, 2.05) is 60.7 Å². The van der Waals surface area contributed by atoms with Gasteiger partial charge in [0.1, 0.15) is 11.1 Å². The minimum Gasteiger partial charge on any atom is -0.391 e. The molecule has 0 fully saturated rings. The fourth-order valence-electron chi connectivity index (χ4n) is 3.17.